The first-order valence-corrected chi connectivity index (χ1v) is 6.88. The lowest BCUT2D eigenvalue weighted by molar-refractivity contribution is 0.293. The normalized spacial score (nSPS) is 12.2. The number of ether oxygens (including phenoxy) is 1. The molecule has 0 radical (unpaired) electrons. The van der Waals surface area contributed by atoms with Gasteiger partial charge in [0, 0.05) is 27.7 Å². The molecule has 0 fully saturated rings. The van der Waals surface area contributed by atoms with Crippen LogP contribution in [-0.2, 0) is 6.61 Å². The molecule has 2 nitrogen and oxygen atoms in total. The van der Waals surface area contributed by atoms with Gasteiger partial charge in [0.15, 0.2) is 0 Å². The van der Waals surface area contributed by atoms with Crippen molar-refractivity contribution in [3.63, 3.8) is 0 Å². The molecule has 0 aromatic heterocycles. The lowest BCUT2D eigenvalue weighted by atomic mass is 10.1. The summed E-state index contributed by atoms with van der Waals surface area (Å²) >= 11 is 3.27. The summed E-state index contributed by atoms with van der Waals surface area (Å²) in [7, 11) is 0. The van der Waals surface area contributed by atoms with E-state index in [1.807, 2.05) is 0 Å². The summed E-state index contributed by atoms with van der Waals surface area (Å²) in [4.78, 5) is 0. The molecule has 0 bridgehead atoms. The minimum absolute atomic E-state index is 0.00838. The van der Waals surface area contributed by atoms with E-state index in [1.165, 1.54) is 18.2 Å². The molecule has 0 saturated heterocycles. The molecular formula is C15H14BrF2NO. The molecule has 0 aliphatic rings. The summed E-state index contributed by atoms with van der Waals surface area (Å²) in [5.74, 6) is -0.453. The summed E-state index contributed by atoms with van der Waals surface area (Å²) in [5, 5.41) is 0. The fraction of sp³-hybridized carbons (Fsp3) is 0.200. The lowest BCUT2D eigenvalue weighted by Gasteiger charge is -2.14. The minimum atomic E-state index is -0.417. The minimum Gasteiger partial charge on any atom is -0.488 e. The van der Waals surface area contributed by atoms with Crippen LogP contribution < -0.4 is 10.5 Å². The van der Waals surface area contributed by atoms with E-state index in [9.17, 15) is 8.78 Å². The lowest BCUT2D eigenvalue weighted by Crippen LogP contribution is -2.09. The van der Waals surface area contributed by atoms with E-state index in [0.717, 1.165) is 4.47 Å². The van der Waals surface area contributed by atoms with Crippen molar-refractivity contribution in [3.8, 4) is 5.75 Å². The van der Waals surface area contributed by atoms with Crippen LogP contribution >= 0.6 is 15.9 Å². The third-order valence-electron chi connectivity index (χ3n) is 2.86. The van der Waals surface area contributed by atoms with E-state index < -0.39 is 5.82 Å². The molecule has 106 valence electrons. The molecule has 2 rings (SSSR count). The van der Waals surface area contributed by atoms with E-state index in [1.54, 1.807) is 25.1 Å². The van der Waals surface area contributed by atoms with E-state index >= 15 is 0 Å². The SMILES string of the molecule is C[C@H](N)c1ccc(F)cc1OCc1cc(Br)ccc1F. The number of benzene rings is 2. The Bertz CT molecular complexity index is 617. The highest BCUT2D eigenvalue weighted by Gasteiger charge is 2.11. The summed E-state index contributed by atoms with van der Waals surface area (Å²) in [5.41, 5.74) is 6.87. The summed E-state index contributed by atoms with van der Waals surface area (Å²) in [6.07, 6.45) is 0. The van der Waals surface area contributed by atoms with Gasteiger partial charge < -0.3 is 10.5 Å². The molecule has 0 unspecified atom stereocenters. The van der Waals surface area contributed by atoms with Gasteiger partial charge in [-0.25, -0.2) is 8.78 Å². The molecular weight excluding hydrogens is 328 g/mol. The van der Waals surface area contributed by atoms with Crippen LogP contribution in [-0.4, -0.2) is 0 Å². The Morgan fingerprint density at radius 2 is 1.95 bits per heavy atom. The second-order valence-corrected chi connectivity index (χ2v) is 5.41. The Kier molecular flexibility index (Phi) is 4.73. The molecule has 0 saturated carbocycles. The van der Waals surface area contributed by atoms with E-state index in [2.05, 4.69) is 15.9 Å². The highest BCUT2D eigenvalue weighted by molar-refractivity contribution is 9.10. The second kappa shape index (κ2) is 6.33. The van der Waals surface area contributed by atoms with Gasteiger partial charge in [0.25, 0.3) is 0 Å². The number of hydrogen-bond acceptors (Lipinski definition) is 2. The monoisotopic (exact) mass is 341 g/mol. The van der Waals surface area contributed by atoms with E-state index in [4.69, 9.17) is 10.5 Å². The summed E-state index contributed by atoms with van der Waals surface area (Å²) in [6.45, 7) is 1.79. The number of rotatable bonds is 4. The maximum absolute atomic E-state index is 13.6. The van der Waals surface area contributed by atoms with Crippen molar-refractivity contribution in [2.45, 2.75) is 19.6 Å². The topological polar surface area (TPSA) is 35.2 Å². The third kappa shape index (κ3) is 3.55. The van der Waals surface area contributed by atoms with Crippen LogP contribution in [0.2, 0.25) is 0 Å². The van der Waals surface area contributed by atoms with Crippen molar-refractivity contribution in [2.24, 2.45) is 5.73 Å². The van der Waals surface area contributed by atoms with Gasteiger partial charge in [-0.2, -0.15) is 0 Å². The standard InChI is InChI=1S/C15H14BrF2NO/c1-9(19)13-4-3-12(17)7-15(13)20-8-10-6-11(16)2-5-14(10)18/h2-7,9H,8,19H2,1H3/t9-/m0/s1. The Morgan fingerprint density at radius 3 is 2.65 bits per heavy atom. The molecule has 0 aliphatic carbocycles. The largest absolute Gasteiger partial charge is 0.488 e. The molecule has 0 amide bonds. The maximum Gasteiger partial charge on any atom is 0.129 e. The first-order valence-electron chi connectivity index (χ1n) is 6.09. The summed E-state index contributed by atoms with van der Waals surface area (Å²) < 4.78 is 33.2. The van der Waals surface area contributed by atoms with Gasteiger partial charge in [-0.15, -0.1) is 0 Å². The third-order valence-corrected chi connectivity index (χ3v) is 3.35. The Balaban J connectivity index is 2.22. The fourth-order valence-electron chi connectivity index (χ4n) is 1.82. The molecule has 0 aliphatic heterocycles. The number of halogens is 3. The highest BCUT2D eigenvalue weighted by atomic mass is 79.9. The number of hydrogen-bond donors (Lipinski definition) is 1. The van der Waals surface area contributed by atoms with Gasteiger partial charge in [0.05, 0.1) is 0 Å². The van der Waals surface area contributed by atoms with Gasteiger partial charge in [-0.1, -0.05) is 22.0 Å². The first-order chi connectivity index (χ1) is 9.47. The maximum atomic E-state index is 13.6. The average Bonchev–Trinajstić information content (AvgIpc) is 2.39. The van der Waals surface area contributed by atoms with Crippen LogP contribution in [0.1, 0.15) is 24.1 Å². The number of nitrogens with two attached hydrogens (primary N) is 1. The van der Waals surface area contributed by atoms with Crippen molar-refractivity contribution in [3.05, 3.63) is 63.6 Å². The van der Waals surface area contributed by atoms with E-state index in [0.29, 0.717) is 16.9 Å². The molecule has 20 heavy (non-hydrogen) atoms. The summed E-state index contributed by atoms with van der Waals surface area (Å²) in [6, 6.07) is 8.44. The molecule has 2 aromatic rings. The van der Waals surface area contributed by atoms with Crippen LogP contribution in [0.25, 0.3) is 0 Å². The average molecular weight is 342 g/mol. The molecule has 0 spiro atoms. The molecule has 2 aromatic carbocycles. The Hall–Kier alpha value is -1.46. The molecule has 2 N–H and O–H groups in total. The second-order valence-electron chi connectivity index (χ2n) is 4.50. The predicted molar refractivity (Wildman–Crippen MR) is 77.4 cm³/mol. The fourth-order valence-corrected chi connectivity index (χ4v) is 2.23. The van der Waals surface area contributed by atoms with Crippen molar-refractivity contribution in [1.82, 2.24) is 0 Å². The zero-order chi connectivity index (χ0) is 14.7. The van der Waals surface area contributed by atoms with Crippen LogP contribution in [0.4, 0.5) is 8.78 Å². The van der Waals surface area contributed by atoms with Gasteiger partial charge in [-0.05, 0) is 31.2 Å². The van der Waals surface area contributed by atoms with Crippen molar-refractivity contribution in [1.29, 1.82) is 0 Å². The van der Waals surface area contributed by atoms with Gasteiger partial charge in [-0.3, -0.25) is 0 Å². The van der Waals surface area contributed by atoms with E-state index in [-0.39, 0.29) is 18.5 Å². The zero-order valence-electron chi connectivity index (χ0n) is 10.9. The zero-order valence-corrected chi connectivity index (χ0v) is 12.5. The molecule has 1 atom stereocenters. The molecule has 0 heterocycles. The van der Waals surface area contributed by atoms with Crippen molar-refractivity contribution >= 4 is 15.9 Å². The Labute approximate surface area is 124 Å². The van der Waals surface area contributed by atoms with Crippen LogP contribution in [0.15, 0.2) is 40.9 Å². The first kappa shape index (κ1) is 14.9. The molecule has 5 heteroatoms. The van der Waals surface area contributed by atoms with Crippen LogP contribution in [0.5, 0.6) is 5.75 Å². The van der Waals surface area contributed by atoms with Gasteiger partial charge in [0.2, 0.25) is 0 Å². The van der Waals surface area contributed by atoms with Crippen LogP contribution in [0.3, 0.4) is 0 Å². The Morgan fingerprint density at radius 1 is 1.20 bits per heavy atom. The van der Waals surface area contributed by atoms with Gasteiger partial charge >= 0.3 is 0 Å². The van der Waals surface area contributed by atoms with Crippen molar-refractivity contribution < 1.29 is 13.5 Å². The highest BCUT2D eigenvalue weighted by Crippen LogP contribution is 2.26. The van der Waals surface area contributed by atoms with Gasteiger partial charge in [0.1, 0.15) is 24.0 Å². The van der Waals surface area contributed by atoms with Crippen LogP contribution in [0, 0.1) is 11.6 Å². The van der Waals surface area contributed by atoms with Crippen molar-refractivity contribution in [2.75, 3.05) is 0 Å². The quantitative estimate of drug-likeness (QED) is 0.898. The smallest absolute Gasteiger partial charge is 0.129 e. The predicted octanol–water partition coefficient (Wildman–Crippen LogP) is 4.33.